The number of hydrogen-bond donors (Lipinski definition) is 1. The Labute approximate surface area is 144 Å². The smallest absolute Gasteiger partial charge is 0.219 e. The molecule has 1 N–H and O–H groups in total. The van der Waals surface area contributed by atoms with Gasteiger partial charge in [0, 0.05) is 38.3 Å². The molecule has 24 heavy (non-hydrogen) atoms. The van der Waals surface area contributed by atoms with E-state index in [0.717, 1.165) is 52.0 Å². The third-order valence-corrected chi connectivity index (χ3v) is 5.96. The van der Waals surface area contributed by atoms with E-state index >= 15 is 0 Å². The quantitative estimate of drug-likeness (QED) is 0.906. The van der Waals surface area contributed by atoms with Gasteiger partial charge in [-0.25, -0.2) is 0 Å². The van der Waals surface area contributed by atoms with Crippen molar-refractivity contribution < 1.29 is 9.90 Å². The first kappa shape index (κ1) is 17.4. The molecule has 3 heterocycles. The fraction of sp³-hybridized carbons (Fsp3) is 0.778. The lowest BCUT2D eigenvalue weighted by Crippen LogP contribution is -2.46. The summed E-state index contributed by atoms with van der Waals surface area (Å²) < 4.78 is 1.97. The first-order valence-electron chi connectivity index (χ1n) is 9.02. The second kappa shape index (κ2) is 6.48. The number of aliphatic hydroxyl groups excluding tert-OH is 1. The van der Waals surface area contributed by atoms with Crippen molar-refractivity contribution in [2.45, 2.75) is 58.7 Å². The Morgan fingerprint density at radius 2 is 2.08 bits per heavy atom. The molecule has 0 aliphatic carbocycles. The van der Waals surface area contributed by atoms with E-state index in [1.165, 1.54) is 5.56 Å². The third-order valence-electron chi connectivity index (χ3n) is 5.96. The van der Waals surface area contributed by atoms with Crippen LogP contribution in [0.1, 0.15) is 45.6 Å². The largest absolute Gasteiger partial charge is 0.394 e. The van der Waals surface area contributed by atoms with Gasteiger partial charge in [0.15, 0.2) is 0 Å². The van der Waals surface area contributed by atoms with Crippen LogP contribution in [0.2, 0.25) is 0 Å². The molecule has 0 unspecified atom stereocenters. The molecular formula is C18H30N4O2. The van der Waals surface area contributed by atoms with Gasteiger partial charge in [-0.2, -0.15) is 5.10 Å². The summed E-state index contributed by atoms with van der Waals surface area (Å²) in [5.74, 6) is 0.0813. The van der Waals surface area contributed by atoms with Crippen LogP contribution < -0.4 is 0 Å². The van der Waals surface area contributed by atoms with Crippen LogP contribution in [0.15, 0.2) is 12.4 Å². The number of aryl methyl sites for hydroxylation is 1. The number of aliphatic hydroxyl groups is 1. The van der Waals surface area contributed by atoms with Crippen LogP contribution in [0.25, 0.3) is 0 Å². The van der Waals surface area contributed by atoms with Gasteiger partial charge in [0.1, 0.15) is 0 Å². The number of rotatable bonds is 4. The number of carbonyl (C=O) groups is 1. The van der Waals surface area contributed by atoms with E-state index in [1.54, 1.807) is 6.92 Å². The molecule has 2 saturated heterocycles. The first-order valence-corrected chi connectivity index (χ1v) is 9.02. The second-order valence-corrected chi connectivity index (χ2v) is 7.92. The number of nitrogens with zero attached hydrogens (tertiary/aromatic N) is 4. The third kappa shape index (κ3) is 3.22. The van der Waals surface area contributed by atoms with Crippen LogP contribution in [-0.2, 0) is 17.9 Å². The van der Waals surface area contributed by atoms with Gasteiger partial charge in [0.25, 0.3) is 0 Å². The van der Waals surface area contributed by atoms with Crippen molar-refractivity contribution in [3.05, 3.63) is 18.0 Å². The summed E-state index contributed by atoms with van der Waals surface area (Å²) in [6.07, 6.45) is 7.18. The lowest BCUT2D eigenvalue weighted by molar-refractivity contribution is -0.134. The van der Waals surface area contributed by atoms with Gasteiger partial charge in [-0.1, -0.05) is 0 Å². The van der Waals surface area contributed by atoms with Gasteiger partial charge in [0.2, 0.25) is 5.91 Å². The highest BCUT2D eigenvalue weighted by molar-refractivity contribution is 5.74. The molecule has 1 atom stereocenters. The number of amides is 1. The van der Waals surface area contributed by atoms with Gasteiger partial charge in [-0.05, 0) is 51.6 Å². The number of piperidine rings is 1. The van der Waals surface area contributed by atoms with Crippen molar-refractivity contribution in [2.75, 3.05) is 26.2 Å². The Balaban J connectivity index is 1.61. The van der Waals surface area contributed by atoms with Crippen molar-refractivity contribution in [3.8, 4) is 0 Å². The van der Waals surface area contributed by atoms with Crippen molar-refractivity contribution in [1.29, 1.82) is 0 Å². The van der Waals surface area contributed by atoms with Gasteiger partial charge >= 0.3 is 0 Å². The molecular weight excluding hydrogens is 304 g/mol. The van der Waals surface area contributed by atoms with Gasteiger partial charge in [-0.15, -0.1) is 0 Å². The lowest BCUT2D eigenvalue weighted by atomic mass is 9.74. The van der Waals surface area contributed by atoms with Crippen LogP contribution in [0.5, 0.6) is 0 Å². The maximum Gasteiger partial charge on any atom is 0.219 e. The molecule has 1 aromatic heterocycles. The number of aromatic nitrogens is 2. The molecule has 1 aromatic rings. The molecule has 2 fully saturated rings. The fourth-order valence-corrected chi connectivity index (χ4v) is 4.56. The monoisotopic (exact) mass is 334 g/mol. The zero-order valence-electron chi connectivity index (χ0n) is 15.2. The van der Waals surface area contributed by atoms with E-state index in [-0.39, 0.29) is 17.9 Å². The summed E-state index contributed by atoms with van der Waals surface area (Å²) in [5.41, 5.74) is 1.05. The van der Waals surface area contributed by atoms with Crippen LogP contribution in [-0.4, -0.2) is 62.4 Å². The van der Waals surface area contributed by atoms with Crippen molar-refractivity contribution in [2.24, 2.45) is 5.41 Å². The Bertz CT molecular complexity index is 592. The molecule has 6 heteroatoms. The lowest BCUT2D eigenvalue weighted by Gasteiger charge is -2.39. The summed E-state index contributed by atoms with van der Waals surface area (Å²) >= 11 is 0. The number of carbonyl (C=O) groups excluding carboxylic acids is 1. The van der Waals surface area contributed by atoms with Crippen LogP contribution in [0.4, 0.5) is 0 Å². The molecule has 3 rings (SSSR count). The van der Waals surface area contributed by atoms with Crippen LogP contribution in [0.3, 0.4) is 0 Å². The Morgan fingerprint density at radius 1 is 1.38 bits per heavy atom. The molecule has 2 aliphatic rings. The standard InChI is InChI=1S/C18H30N4O2/c1-4-21-11-16(9-19-21)10-20-7-5-18(6-8-20)12-17(3,14-23)22(13-18)15(2)24/h9,11,23H,4-8,10,12-14H2,1-3H3/t17-/m0/s1. The highest BCUT2D eigenvalue weighted by atomic mass is 16.3. The van der Waals surface area contributed by atoms with Crippen molar-refractivity contribution in [3.63, 3.8) is 0 Å². The minimum absolute atomic E-state index is 0.0498. The maximum atomic E-state index is 12.0. The van der Waals surface area contributed by atoms with Crippen LogP contribution in [0, 0.1) is 5.41 Å². The zero-order chi connectivity index (χ0) is 17.4. The van der Waals surface area contributed by atoms with Crippen LogP contribution >= 0.6 is 0 Å². The van der Waals surface area contributed by atoms with E-state index in [0.29, 0.717) is 0 Å². The normalized spacial score (nSPS) is 27.1. The summed E-state index contributed by atoms with van der Waals surface area (Å²) in [6, 6.07) is 0. The summed E-state index contributed by atoms with van der Waals surface area (Å²) in [6.45, 7) is 10.5. The van der Waals surface area contributed by atoms with Crippen molar-refractivity contribution in [1.82, 2.24) is 19.6 Å². The Hall–Kier alpha value is -1.40. The minimum atomic E-state index is -0.393. The number of hydrogen-bond acceptors (Lipinski definition) is 4. The second-order valence-electron chi connectivity index (χ2n) is 7.92. The highest BCUT2D eigenvalue weighted by Crippen LogP contribution is 2.48. The van der Waals surface area contributed by atoms with Gasteiger partial charge < -0.3 is 10.0 Å². The average Bonchev–Trinajstić information content (AvgIpc) is 3.13. The zero-order valence-corrected chi connectivity index (χ0v) is 15.2. The molecule has 6 nitrogen and oxygen atoms in total. The molecule has 0 aromatic carbocycles. The Kier molecular flexibility index (Phi) is 4.71. The molecule has 1 spiro atoms. The fourth-order valence-electron chi connectivity index (χ4n) is 4.56. The topological polar surface area (TPSA) is 61.6 Å². The van der Waals surface area contributed by atoms with E-state index < -0.39 is 5.54 Å². The molecule has 1 amide bonds. The Morgan fingerprint density at radius 3 is 2.58 bits per heavy atom. The predicted octanol–water partition coefficient (Wildman–Crippen LogP) is 1.49. The van der Waals surface area contributed by atoms with Gasteiger partial charge in [0.05, 0.1) is 18.3 Å². The summed E-state index contributed by atoms with van der Waals surface area (Å²) in [7, 11) is 0. The highest BCUT2D eigenvalue weighted by Gasteiger charge is 2.52. The molecule has 0 saturated carbocycles. The average molecular weight is 334 g/mol. The minimum Gasteiger partial charge on any atom is -0.394 e. The van der Waals surface area contributed by atoms with E-state index in [2.05, 4.69) is 23.1 Å². The van der Waals surface area contributed by atoms with Crippen molar-refractivity contribution >= 4 is 5.91 Å². The molecule has 0 bridgehead atoms. The predicted molar refractivity (Wildman–Crippen MR) is 92.3 cm³/mol. The van der Waals surface area contributed by atoms with E-state index in [1.807, 2.05) is 22.7 Å². The number of likely N-dealkylation sites (tertiary alicyclic amines) is 2. The molecule has 2 aliphatic heterocycles. The maximum absolute atomic E-state index is 12.0. The molecule has 134 valence electrons. The molecule has 0 radical (unpaired) electrons. The van der Waals surface area contributed by atoms with Gasteiger partial charge in [-0.3, -0.25) is 14.4 Å². The first-order chi connectivity index (χ1) is 11.4. The SMILES string of the molecule is CCn1cc(CN2CCC3(CC2)CN(C(C)=O)[C@](C)(CO)C3)cn1. The van der Waals surface area contributed by atoms with E-state index in [9.17, 15) is 9.90 Å². The summed E-state index contributed by atoms with van der Waals surface area (Å²) in [5, 5.41) is 14.2. The van der Waals surface area contributed by atoms with E-state index in [4.69, 9.17) is 0 Å². The summed E-state index contributed by atoms with van der Waals surface area (Å²) in [4.78, 5) is 16.4.